The highest BCUT2D eigenvalue weighted by Gasteiger charge is 2.30. The highest BCUT2D eigenvalue weighted by Crippen LogP contribution is 2.22. The highest BCUT2D eigenvalue weighted by molar-refractivity contribution is 7.89. The van der Waals surface area contributed by atoms with Crippen LogP contribution in [0.15, 0.2) is 29.2 Å². The number of nitrogens with zero attached hydrogens (tertiary/aromatic N) is 1. The predicted molar refractivity (Wildman–Crippen MR) is 80.5 cm³/mol. The Bertz CT molecular complexity index is 575. The smallest absolute Gasteiger partial charge is 0.243 e. The maximum Gasteiger partial charge on any atom is 0.243 e. The van der Waals surface area contributed by atoms with Gasteiger partial charge in [0.1, 0.15) is 0 Å². The predicted octanol–water partition coefficient (Wildman–Crippen LogP) is 1.35. The summed E-state index contributed by atoms with van der Waals surface area (Å²) in [4.78, 5) is 0.354. The zero-order chi connectivity index (χ0) is 14.9. The maximum absolute atomic E-state index is 12.6. The minimum atomic E-state index is -3.43. The van der Waals surface area contributed by atoms with Crippen LogP contribution in [-0.2, 0) is 21.3 Å². The molecule has 1 aromatic carbocycles. The summed E-state index contributed by atoms with van der Waals surface area (Å²) < 4.78 is 31.8. The molecule has 0 bridgehead atoms. The van der Waals surface area contributed by atoms with Crippen molar-refractivity contribution in [3.8, 4) is 0 Å². The van der Waals surface area contributed by atoms with Crippen molar-refractivity contribution in [2.24, 2.45) is 0 Å². The largest absolute Gasteiger partial charge is 0.380 e. The van der Waals surface area contributed by atoms with Gasteiger partial charge in [0.15, 0.2) is 0 Å². The molecule has 1 saturated heterocycles. The van der Waals surface area contributed by atoms with E-state index in [-0.39, 0.29) is 6.04 Å². The molecule has 3 rings (SSSR count). The van der Waals surface area contributed by atoms with Crippen LogP contribution in [0.4, 0.5) is 0 Å². The van der Waals surface area contributed by atoms with Crippen molar-refractivity contribution in [1.82, 2.24) is 9.62 Å². The average molecular weight is 310 g/mol. The first-order valence-electron chi connectivity index (χ1n) is 7.45. The van der Waals surface area contributed by atoms with E-state index in [1.165, 1.54) is 17.1 Å². The number of likely N-dealkylation sites (N-methyl/N-ethyl adjacent to an activating group) is 1. The normalized spacial score (nSPS) is 22.9. The third-order valence-electron chi connectivity index (χ3n) is 4.19. The van der Waals surface area contributed by atoms with Gasteiger partial charge in [0, 0.05) is 26.2 Å². The van der Waals surface area contributed by atoms with Gasteiger partial charge >= 0.3 is 0 Å². The van der Waals surface area contributed by atoms with Crippen LogP contribution in [0.3, 0.4) is 0 Å². The molecule has 6 heteroatoms. The fraction of sp³-hybridized carbons (Fsp3) is 0.600. The third-order valence-corrected chi connectivity index (χ3v) is 6.12. The number of rotatable bonds is 6. The van der Waals surface area contributed by atoms with Crippen molar-refractivity contribution in [2.75, 3.05) is 20.3 Å². The van der Waals surface area contributed by atoms with E-state index in [2.05, 4.69) is 5.32 Å². The van der Waals surface area contributed by atoms with Gasteiger partial charge in [0.2, 0.25) is 10.0 Å². The maximum atomic E-state index is 12.6. The molecule has 2 fully saturated rings. The topological polar surface area (TPSA) is 58.6 Å². The van der Waals surface area contributed by atoms with E-state index in [0.29, 0.717) is 24.2 Å². The molecule has 2 aliphatic rings. The van der Waals surface area contributed by atoms with Crippen molar-refractivity contribution in [1.29, 1.82) is 0 Å². The van der Waals surface area contributed by atoms with Crippen molar-refractivity contribution in [2.45, 2.75) is 42.8 Å². The van der Waals surface area contributed by atoms with Crippen LogP contribution in [0.2, 0.25) is 0 Å². The molecule has 1 unspecified atom stereocenters. The molecule has 5 nitrogen and oxygen atoms in total. The van der Waals surface area contributed by atoms with Crippen LogP contribution in [0.25, 0.3) is 0 Å². The average Bonchev–Trinajstić information content (AvgIpc) is 3.16. The minimum absolute atomic E-state index is 0.0498. The van der Waals surface area contributed by atoms with Gasteiger partial charge in [-0.15, -0.1) is 0 Å². The molecule has 0 spiro atoms. The van der Waals surface area contributed by atoms with Crippen LogP contribution >= 0.6 is 0 Å². The van der Waals surface area contributed by atoms with Crippen molar-refractivity contribution in [3.05, 3.63) is 29.8 Å². The molecule has 1 N–H and O–H groups in total. The van der Waals surface area contributed by atoms with E-state index < -0.39 is 10.0 Å². The Morgan fingerprint density at radius 2 is 1.95 bits per heavy atom. The Kier molecular flexibility index (Phi) is 4.31. The van der Waals surface area contributed by atoms with Crippen LogP contribution in [0.5, 0.6) is 0 Å². The Hall–Kier alpha value is -0.950. The van der Waals surface area contributed by atoms with E-state index in [4.69, 9.17) is 4.74 Å². The SMILES string of the molecule is CN(C1CCOC1)S(=O)(=O)c1ccc(CNC2CC2)cc1. The third kappa shape index (κ3) is 3.45. The number of hydrogen-bond acceptors (Lipinski definition) is 4. The lowest BCUT2D eigenvalue weighted by molar-refractivity contribution is 0.181. The minimum Gasteiger partial charge on any atom is -0.380 e. The van der Waals surface area contributed by atoms with Crippen LogP contribution < -0.4 is 5.32 Å². The summed E-state index contributed by atoms with van der Waals surface area (Å²) in [6, 6.07) is 7.78. The first-order valence-corrected chi connectivity index (χ1v) is 8.89. The molecular weight excluding hydrogens is 288 g/mol. The summed E-state index contributed by atoms with van der Waals surface area (Å²) in [7, 11) is -1.79. The fourth-order valence-corrected chi connectivity index (χ4v) is 3.87. The molecule has 21 heavy (non-hydrogen) atoms. The molecular formula is C15H22N2O3S. The summed E-state index contributed by atoms with van der Waals surface area (Å²) in [5.74, 6) is 0. The summed E-state index contributed by atoms with van der Waals surface area (Å²) in [5.41, 5.74) is 1.12. The lowest BCUT2D eigenvalue weighted by atomic mass is 10.2. The molecule has 0 radical (unpaired) electrons. The summed E-state index contributed by atoms with van der Waals surface area (Å²) in [5, 5.41) is 3.42. The van der Waals surface area contributed by atoms with E-state index in [0.717, 1.165) is 18.5 Å². The Labute approximate surface area is 126 Å². The first-order chi connectivity index (χ1) is 10.1. The molecule has 0 amide bonds. The number of hydrogen-bond donors (Lipinski definition) is 1. The second-order valence-electron chi connectivity index (χ2n) is 5.84. The van der Waals surface area contributed by atoms with Crippen LogP contribution in [-0.4, -0.2) is 45.1 Å². The number of ether oxygens (including phenoxy) is 1. The molecule has 1 aromatic rings. The standard InChI is InChI=1S/C15H22N2O3S/c1-17(14-8-9-20-11-14)21(18,19)15-6-2-12(3-7-15)10-16-13-4-5-13/h2-3,6-7,13-14,16H,4-5,8-11H2,1H3. The zero-order valence-corrected chi connectivity index (χ0v) is 13.1. The summed E-state index contributed by atoms with van der Waals surface area (Å²) in [6.07, 6.45) is 3.26. The Morgan fingerprint density at radius 3 is 2.52 bits per heavy atom. The molecule has 1 atom stereocenters. The Balaban J connectivity index is 1.68. The quantitative estimate of drug-likeness (QED) is 0.861. The van der Waals surface area contributed by atoms with Gasteiger partial charge < -0.3 is 10.1 Å². The summed E-state index contributed by atoms with van der Waals surface area (Å²) >= 11 is 0. The van der Waals surface area contributed by atoms with E-state index in [1.54, 1.807) is 19.2 Å². The van der Waals surface area contributed by atoms with Gasteiger partial charge in [-0.1, -0.05) is 12.1 Å². The second-order valence-corrected chi connectivity index (χ2v) is 7.84. The van der Waals surface area contributed by atoms with Crippen LogP contribution in [0.1, 0.15) is 24.8 Å². The van der Waals surface area contributed by atoms with E-state index >= 15 is 0 Å². The second kappa shape index (κ2) is 6.04. The summed E-state index contributed by atoms with van der Waals surface area (Å²) in [6.45, 7) is 1.92. The highest BCUT2D eigenvalue weighted by atomic mass is 32.2. The van der Waals surface area contributed by atoms with Gasteiger partial charge in [0.05, 0.1) is 17.5 Å². The number of sulfonamides is 1. The van der Waals surface area contributed by atoms with Gasteiger partial charge in [-0.3, -0.25) is 0 Å². The molecule has 0 aromatic heterocycles. The lowest BCUT2D eigenvalue weighted by Crippen LogP contribution is -2.37. The molecule has 1 saturated carbocycles. The monoisotopic (exact) mass is 310 g/mol. The van der Waals surface area contributed by atoms with Gasteiger partial charge in [-0.25, -0.2) is 8.42 Å². The lowest BCUT2D eigenvalue weighted by Gasteiger charge is -2.22. The molecule has 1 heterocycles. The van der Waals surface area contributed by atoms with Gasteiger partial charge in [-0.2, -0.15) is 4.31 Å². The van der Waals surface area contributed by atoms with Gasteiger partial charge in [-0.05, 0) is 37.0 Å². The van der Waals surface area contributed by atoms with Crippen LogP contribution in [0, 0.1) is 0 Å². The van der Waals surface area contributed by atoms with Crippen molar-refractivity contribution < 1.29 is 13.2 Å². The first kappa shape index (κ1) is 15.0. The zero-order valence-electron chi connectivity index (χ0n) is 12.3. The molecule has 1 aliphatic carbocycles. The van der Waals surface area contributed by atoms with Gasteiger partial charge in [0.25, 0.3) is 0 Å². The fourth-order valence-electron chi connectivity index (χ4n) is 2.50. The molecule has 1 aliphatic heterocycles. The van der Waals surface area contributed by atoms with Crippen molar-refractivity contribution in [3.63, 3.8) is 0 Å². The number of benzene rings is 1. The van der Waals surface area contributed by atoms with E-state index in [9.17, 15) is 8.42 Å². The van der Waals surface area contributed by atoms with Crippen molar-refractivity contribution >= 4 is 10.0 Å². The van der Waals surface area contributed by atoms with E-state index in [1.807, 2.05) is 12.1 Å². The number of nitrogens with one attached hydrogen (secondary N) is 1. The Morgan fingerprint density at radius 1 is 1.24 bits per heavy atom. The molecule has 116 valence electrons.